The zero-order valence-electron chi connectivity index (χ0n) is 19.2. The van der Waals surface area contributed by atoms with Gasteiger partial charge >= 0.3 is 0 Å². The molecule has 0 aliphatic carbocycles. The summed E-state index contributed by atoms with van der Waals surface area (Å²) in [6.45, 7) is 3.87. The molecule has 4 aromatic rings. The first-order valence-electron chi connectivity index (χ1n) is 10.5. The molecule has 0 radical (unpaired) electrons. The second kappa shape index (κ2) is 9.33. The van der Waals surface area contributed by atoms with Gasteiger partial charge in [0.25, 0.3) is 5.56 Å². The van der Waals surface area contributed by atoms with Crippen molar-refractivity contribution in [1.82, 2.24) is 14.3 Å². The lowest BCUT2D eigenvalue weighted by Crippen LogP contribution is -2.32. The molecule has 7 nitrogen and oxygen atoms in total. The molecule has 0 aliphatic rings. The summed E-state index contributed by atoms with van der Waals surface area (Å²) in [6, 6.07) is 14.4. The van der Waals surface area contributed by atoms with Crippen LogP contribution in [-0.2, 0) is 7.05 Å². The fourth-order valence-electron chi connectivity index (χ4n) is 3.68. The number of aromatic nitrogens is 3. The summed E-state index contributed by atoms with van der Waals surface area (Å²) >= 11 is 1.11. The number of ether oxygens (including phenoxy) is 1. The summed E-state index contributed by atoms with van der Waals surface area (Å²) in [7, 11) is 3.26. The molecule has 0 saturated carbocycles. The quantitative estimate of drug-likeness (QED) is 0.419. The van der Waals surface area contributed by atoms with Crippen molar-refractivity contribution >= 4 is 28.8 Å². The van der Waals surface area contributed by atoms with E-state index >= 15 is 0 Å². The van der Waals surface area contributed by atoms with Gasteiger partial charge in [-0.1, -0.05) is 24.3 Å². The van der Waals surface area contributed by atoms with Crippen LogP contribution in [0.4, 0.5) is 0 Å². The highest BCUT2D eigenvalue weighted by Gasteiger charge is 2.21. The van der Waals surface area contributed by atoms with Crippen LogP contribution >= 0.6 is 11.3 Å². The average molecular weight is 471 g/mol. The number of Topliss-reactive ketones (excluding diaryl/α,β-unsaturated/α-hetero) is 1. The predicted molar refractivity (Wildman–Crippen MR) is 132 cm³/mol. The van der Waals surface area contributed by atoms with E-state index in [0.29, 0.717) is 16.0 Å². The van der Waals surface area contributed by atoms with E-state index in [1.165, 1.54) is 11.7 Å². The molecular formula is C26H22N4O3S. The molecule has 34 heavy (non-hydrogen) atoms. The van der Waals surface area contributed by atoms with Gasteiger partial charge in [-0.3, -0.25) is 18.8 Å². The Bertz CT molecular complexity index is 1630. The van der Waals surface area contributed by atoms with Crippen LogP contribution < -0.4 is 19.5 Å². The third-order valence-electron chi connectivity index (χ3n) is 5.57. The van der Waals surface area contributed by atoms with Crippen LogP contribution in [0, 0.1) is 25.2 Å². The number of benzene rings is 2. The number of hydrogen-bond acceptors (Lipinski definition) is 6. The van der Waals surface area contributed by atoms with Gasteiger partial charge in [0.2, 0.25) is 5.78 Å². The second-order valence-electron chi connectivity index (χ2n) is 7.74. The number of hydrogen-bond donors (Lipinski definition) is 0. The molecule has 2 aromatic carbocycles. The Kier molecular flexibility index (Phi) is 6.30. The number of thiazole rings is 1. The molecule has 0 saturated heterocycles. The molecule has 4 rings (SSSR count). The molecule has 0 bridgehead atoms. The van der Waals surface area contributed by atoms with Crippen molar-refractivity contribution in [2.45, 2.75) is 13.8 Å². The number of carbonyl (C=O) groups excluding carboxylic acids is 1. The predicted octanol–water partition coefficient (Wildman–Crippen LogP) is 2.64. The highest BCUT2D eigenvalue weighted by Crippen LogP contribution is 2.21. The summed E-state index contributed by atoms with van der Waals surface area (Å²) in [5, 5.41) is 14.2. The molecule has 2 heterocycles. The lowest BCUT2D eigenvalue weighted by molar-refractivity contribution is 0.105. The van der Waals surface area contributed by atoms with Gasteiger partial charge < -0.3 is 4.74 Å². The van der Waals surface area contributed by atoms with Gasteiger partial charge in [0.1, 0.15) is 22.1 Å². The largest absolute Gasteiger partial charge is 0.496 e. The van der Waals surface area contributed by atoms with Crippen molar-refractivity contribution in [1.29, 1.82) is 5.26 Å². The van der Waals surface area contributed by atoms with Gasteiger partial charge in [-0.05, 0) is 49.2 Å². The molecule has 0 aliphatic heterocycles. The molecule has 8 heteroatoms. The Hall–Kier alpha value is -4.22. The number of nitrogens with zero attached hydrogens (tertiary/aromatic N) is 4. The van der Waals surface area contributed by atoms with Gasteiger partial charge in [0.15, 0.2) is 0 Å². The zero-order chi connectivity index (χ0) is 24.4. The fraction of sp³-hybridized carbons (Fsp3) is 0.154. The number of aryl methyl sites for hydroxylation is 2. The van der Waals surface area contributed by atoms with E-state index in [9.17, 15) is 14.9 Å². The van der Waals surface area contributed by atoms with Crippen molar-refractivity contribution in [3.05, 3.63) is 96.7 Å². The van der Waals surface area contributed by atoms with Gasteiger partial charge in [0.05, 0.1) is 29.1 Å². The fourth-order valence-corrected chi connectivity index (χ4v) is 4.77. The standard InChI is InChI=1S/C26H22N4O3S/c1-16-8-7-10-21(17(16)2)30-25(32)23(12-18-14-28-29(3)15-18)34-26(30)20(13-27)24(31)19-9-5-6-11-22(19)33-4/h5-12,14-15H,1-4H3/b23-12+,26-20-. The first kappa shape index (κ1) is 23.0. The molecule has 0 atom stereocenters. The normalized spacial score (nSPS) is 12.4. The molecular weight excluding hydrogens is 448 g/mol. The van der Waals surface area contributed by atoms with E-state index in [1.807, 2.05) is 32.0 Å². The van der Waals surface area contributed by atoms with Gasteiger partial charge in [-0.25, -0.2) is 0 Å². The maximum absolute atomic E-state index is 13.6. The number of ketones is 1. The number of nitriles is 1. The first-order chi connectivity index (χ1) is 16.3. The Morgan fingerprint density at radius 2 is 1.94 bits per heavy atom. The maximum Gasteiger partial charge on any atom is 0.273 e. The van der Waals surface area contributed by atoms with Gasteiger partial charge in [-0.2, -0.15) is 10.4 Å². The van der Waals surface area contributed by atoms with Crippen molar-refractivity contribution in [2.24, 2.45) is 7.05 Å². The molecule has 0 amide bonds. The molecule has 0 fully saturated rings. The third kappa shape index (κ3) is 4.09. The highest BCUT2D eigenvalue weighted by molar-refractivity contribution is 7.07. The number of rotatable bonds is 5. The van der Waals surface area contributed by atoms with Crippen LogP contribution in [0.5, 0.6) is 5.75 Å². The minimum Gasteiger partial charge on any atom is -0.496 e. The summed E-state index contributed by atoms with van der Waals surface area (Å²) in [6.07, 6.45) is 5.15. The number of methoxy groups -OCH3 is 1. The average Bonchev–Trinajstić information content (AvgIpc) is 3.39. The smallest absolute Gasteiger partial charge is 0.273 e. The van der Waals surface area contributed by atoms with E-state index in [1.54, 1.807) is 54.5 Å². The van der Waals surface area contributed by atoms with Crippen LogP contribution in [0.1, 0.15) is 27.0 Å². The second-order valence-corrected chi connectivity index (χ2v) is 8.77. The van der Waals surface area contributed by atoms with Crippen LogP contribution in [0.15, 0.2) is 59.7 Å². The van der Waals surface area contributed by atoms with E-state index < -0.39 is 5.78 Å². The summed E-state index contributed by atoms with van der Waals surface area (Å²) in [4.78, 5) is 27.1. The number of carbonyl (C=O) groups is 1. The third-order valence-corrected chi connectivity index (χ3v) is 6.66. The number of para-hydroxylation sites is 1. The lowest BCUT2D eigenvalue weighted by atomic mass is 10.0. The van der Waals surface area contributed by atoms with Crippen LogP contribution in [0.3, 0.4) is 0 Å². The Balaban J connectivity index is 2.11. The highest BCUT2D eigenvalue weighted by atomic mass is 32.1. The van der Waals surface area contributed by atoms with E-state index in [2.05, 4.69) is 11.2 Å². The molecule has 2 aromatic heterocycles. The van der Waals surface area contributed by atoms with Crippen LogP contribution in [-0.4, -0.2) is 27.2 Å². The van der Waals surface area contributed by atoms with Crippen LogP contribution in [0.2, 0.25) is 0 Å². The van der Waals surface area contributed by atoms with Crippen molar-refractivity contribution in [3.63, 3.8) is 0 Å². The Labute approximate surface area is 200 Å². The summed E-state index contributed by atoms with van der Waals surface area (Å²) in [5.74, 6) is -0.146. The minimum atomic E-state index is -0.506. The van der Waals surface area contributed by atoms with Crippen molar-refractivity contribution in [3.8, 4) is 17.5 Å². The SMILES string of the molecule is COc1ccccc1C(=O)/C(C#N)=c1\s/c(=C/c2cnn(C)c2)c(=O)n1-c1cccc(C)c1C. The van der Waals surface area contributed by atoms with E-state index in [-0.39, 0.29) is 21.4 Å². The molecule has 170 valence electrons. The van der Waals surface area contributed by atoms with E-state index in [4.69, 9.17) is 4.74 Å². The zero-order valence-corrected chi connectivity index (χ0v) is 20.0. The molecule has 0 unspecified atom stereocenters. The summed E-state index contributed by atoms with van der Waals surface area (Å²) in [5.41, 5.74) is 3.08. The lowest BCUT2D eigenvalue weighted by Gasteiger charge is -2.10. The van der Waals surface area contributed by atoms with Crippen LogP contribution in [0.25, 0.3) is 17.3 Å². The molecule has 0 spiro atoms. The maximum atomic E-state index is 13.6. The topological polar surface area (TPSA) is 89.9 Å². The van der Waals surface area contributed by atoms with Gasteiger partial charge in [-0.15, -0.1) is 11.3 Å². The minimum absolute atomic E-state index is 0.127. The van der Waals surface area contributed by atoms with Crippen molar-refractivity contribution in [2.75, 3.05) is 7.11 Å². The van der Waals surface area contributed by atoms with Gasteiger partial charge in [0, 0.05) is 18.8 Å². The first-order valence-corrected chi connectivity index (χ1v) is 11.3. The monoisotopic (exact) mass is 470 g/mol. The Morgan fingerprint density at radius 3 is 2.62 bits per heavy atom. The van der Waals surface area contributed by atoms with Crippen molar-refractivity contribution < 1.29 is 9.53 Å². The molecule has 0 N–H and O–H groups in total. The Morgan fingerprint density at radius 1 is 1.18 bits per heavy atom. The van der Waals surface area contributed by atoms with E-state index in [0.717, 1.165) is 28.0 Å². The summed E-state index contributed by atoms with van der Waals surface area (Å²) < 4.78 is 9.10.